The Morgan fingerprint density at radius 2 is 2.06 bits per heavy atom. The Hall–Kier alpha value is -0.200. The summed E-state index contributed by atoms with van der Waals surface area (Å²) in [6.07, 6.45) is 4.62. The minimum atomic E-state index is -0.332. The van der Waals surface area contributed by atoms with Crippen molar-refractivity contribution in [3.05, 3.63) is 0 Å². The topological polar surface area (TPSA) is 35.8 Å². The summed E-state index contributed by atoms with van der Waals surface area (Å²) in [4.78, 5) is 0. The van der Waals surface area contributed by atoms with Gasteiger partial charge < -0.3 is 0 Å². The maximum atomic E-state index is 9.28. The van der Waals surface area contributed by atoms with Crippen molar-refractivity contribution in [2.75, 3.05) is 0 Å². The van der Waals surface area contributed by atoms with E-state index in [2.05, 4.69) is 32.2 Å². The lowest BCUT2D eigenvalue weighted by atomic mass is 9.98. The van der Waals surface area contributed by atoms with Crippen molar-refractivity contribution in [3.63, 3.8) is 0 Å². The molecule has 1 aliphatic carbocycles. The molecular weight excluding hydrogens is 216 g/mol. The van der Waals surface area contributed by atoms with E-state index in [0.29, 0.717) is 16.5 Å². The summed E-state index contributed by atoms with van der Waals surface area (Å²) in [7, 11) is 0. The highest BCUT2D eigenvalue weighted by Crippen LogP contribution is 2.29. The molecule has 16 heavy (non-hydrogen) atoms. The fourth-order valence-electron chi connectivity index (χ4n) is 1.93. The fourth-order valence-corrected chi connectivity index (χ4v) is 3.35. The summed E-state index contributed by atoms with van der Waals surface area (Å²) in [5, 5.41) is 14.0. The van der Waals surface area contributed by atoms with E-state index in [9.17, 15) is 5.26 Å². The molecule has 0 saturated heterocycles. The van der Waals surface area contributed by atoms with Gasteiger partial charge in [-0.05, 0) is 32.6 Å². The number of nitrogens with one attached hydrogen (secondary N) is 1. The average Bonchev–Trinajstić information content (AvgIpc) is 3.00. The largest absolute Gasteiger partial charge is 0.297 e. The van der Waals surface area contributed by atoms with Crippen LogP contribution in [0.15, 0.2) is 0 Å². The van der Waals surface area contributed by atoms with E-state index < -0.39 is 0 Å². The molecule has 3 heteroatoms. The minimum absolute atomic E-state index is 0.332. The number of nitriles is 1. The van der Waals surface area contributed by atoms with Gasteiger partial charge in [0.15, 0.2) is 0 Å². The summed E-state index contributed by atoms with van der Waals surface area (Å²) in [6, 6.07) is 3.05. The van der Waals surface area contributed by atoms with Gasteiger partial charge in [-0.3, -0.25) is 5.32 Å². The summed E-state index contributed by atoms with van der Waals surface area (Å²) < 4.78 is 0. The van der Waals surface area contributed by atoms with E-state index in [1.54, 1.807) is 0 Å². The van der Waals surface area contributed by atoms with Crippen LogP contribution in [0.3, 0.4) is 0 Å². The minimum Gasteiger partial charge on any atom is -0.297 e. The van der Waals surface area contributed by atoms with Gasteiger partial charge >= 0.3 is 0 Å². The third-order valence-electron chi connectivity index (χ3n) is 3.08. The molecule has 1 rings (SSSR count). The molecule has 0 heterocycles. The Kier molecular flexibility index (Phi) is 5.14. The van der Waals surface area contributed by atoms with Gasteiger partial charge in [0.05, 0.1) is 6.07 Å². The van der Waals surface area contributed by atoms with Crippen molar-refractivity contribution >= 4 is 11.8 Å². The van der Waals surface area contributed by atoms with Gasteiger partial charge in [0.1, 0.15) is 5.54 Å². The van der Waals surface area contributed by atoms with Crippen LogP contribution in [-0.4, -0.2) is 22.1 Å². The first kappa shape index (κ1) is 13.9. The molecule has 1 aliphatic rings. The van der Waals surface area contributed by atoms with Crippen molar-refractivity contribution in [3.8, 4) is 6.07 Å². The van der Waals surface area contributed by atoms with E-state index in [0.717, 1.165) is 6.42 Å². The molecule has 0 aromatic carbocycles. The number of nitrogens with zero attached hydrogens (tertiary/aromatic N) is 1. The van der Waals surface area contributed by atoms with Crippen LogP contribution in [-0.2, 0) is 0 Å². The third-order valence-corrected chi connectivity index (χ3v) is 4.51. The van der Waals surface area contributed by atoms with Crippen LogP contribution < -0.4 is 5.32 Å². The van der Waals surface area contributed by atoms with Crippen LogP contribution in [0.2, 0.25) is 0 Å². The van der Waals surface area contributed by atoms with Crippen molar-refractivity contribution in [2.24, 2.45) is 0 Å². The maximum Gasteiger partial charge on any atom is 0.105 e. The first-order valence-corrected chi connectivity index (χ1v) is 7.27. The summed E-state index contributed by atoms with van der Waals surface area (Å²) in [6.45, 7) is 8.76. The Bertz CT molecular complexity index is 257. The van der Waals surface area contributed by atoms with Crippen LogP contribution in [0.5, 0.6) is 0 Å². The summed E-state index contributed by atoms with van der Waals surface area (Å²) in [5.74, 6) is 0. The van der Waals surface area contributed by atoms with E-state index in [1.807, 2.05) is 18.7 Å². The van der Waals surface area contributed by atoms with Gasteiger partial charge in [-0.15, -0.1) is 0 Å². The normalized spacial score (nSPS) is 23.2. The monoisotopic (exact) mass is 240 g/mol. The van der Waals surface area contributed by atoms with Crippen molar-refractivity contribution < 1.29 is 0 Å². The first-order valence-electron chi connectivity index (χ1n) is 6.33. The maximum absolute atomic E-state index is 9.28. The zero-order valence-electron chi connectivity index (χ0n) is 10.9. The van der Waals surface area contributed by atoms with E-state index >= 15 is 0 Å². The third kappa shape index (κ3) is 4.76. The molecule has 0 amide bonds. The predicted molar refractivity (Wildman–Crippen MR) is 71.6 cm³/mol. The zero-order valence-corrected chi connectivity index (χ0v) is 11.7. The van der Waals surface area contributed by atoms with E-state index in [-0.39, 0.29) is 5.54 Å². The Labute approximate surface area is 104 Å². The highest BCUT2D eigenvalue weighted by molar-refractivity contribution is 8.00. The lowest BCUT2D eigenvalue weighted by Gasteiger charge is -2.27. The lowest BCUT2D eigenvalue weighted by molar-refractivity contribution is 0.414. The van der Waals surface area contributed by atoms with Crippen LogP contribution in [0.25, 0.3) is 0 Å². The molecule has 1 saturated carbocycles. The molecule has 0 aliphatic heterocycles. The van der Waals surface area contributed by atoms with E-state index in [4.69, 9.17) is 0 Å². The number of rotatable bonds is 7. The Morgan fingerprint density at radius 1 is 1.44 bits per heavy atom. The summed E-state index contributed by atoms with van der Waals surface area (Å²) in [5.41, 5.74) is -0.332. The van der Waals surface area contributed by atoms with Gasteiger partial charge in [0.2, 0.25) is 0 Å². The second-order valence-corrected chi connectivity index (χ2v) is 7.11. The molecule has 0 radical (unpaired) electrons. The molecule has 2 nitrogen and oxygen atoms in total. The second kappa shape index (κ2) is 5.93. The second-order valence-electron chi connectivity index (χ2n) is 5.23. The number of hydrogen-bond donors (Lipinski definition) is 1. The molecule has 1 fully saturated rings. The lowest BCUT2D eigenvalue weighted by Crippen LogP contribution is -2.44. The highest BCUT2D eigenvalue weighted by atomic mass is 32.2. The Balaban J connectivity index is 2.39. The van der Waals surface area contributed by atoms with E-state index in [1.165, 1.54) is 19.3 Å². The molecule has 3 unspecified atom stereocenters. The van der Waals surface area contributed by atoms with Crippen molar-refractivity contribution in [1.29, 1.82) is 5.26 Å². The highest BCUT2D eigenvalue weighted by Gasteiger charge is 2.33. The SMILES string of the molecule is CCC(C)SC(C)CC(C)(C#N)NC1CC1. The number of hydrogen-bond acceptors (Lipinski definition) is 3. The Morgan fingerprint density at radius 3 is 2.50 bits per heavy atom. The van der Waals surface area contributed by atoms with Gasteiger partial charge in [0, 0.05) is 16.5 Å². The van der Waals surface area contributed by atoms with Gasteiger partial charge in [0.25, 0.3) is 0 Å². The molecule has 3 atom stereocenters. The summed E-state index contributed by atoms with van der Waals surface area (Å²) >= 11 is 2.00. The van der Waals surface area contributed by atoms with Crippen molar-refractivity contribution in [2.45, 2.75) is 75.5 Å². The molecule has 0 aromatic rings. The van der Waals surface area contributed by atoms with Crippen LogP contribution in [0, 0.1) is 11.3 Å². The molecule has 92 valence electrons. The first-order chi connectivity index (χ1) is 7.49. The van der Waals surface area contributed by atoms with Crippen LogP contribution >= 0.6 is 11.8 Å². The van der Waals surface area contributed by atoms with Crippen molar-refractivity contribution in [1.82, 2.24) is 5.32 Å². The van der Waals surface area contributed by atoms with Gasteiger partial charge in [-0.25, -0.2) is 0 Å². The molecule has 1 N–H and O–H groups in total. The molecular formula is C13H24N2S. The number of thioether (sulfide) groups is 1. The average molecular weight is 240 g/mol. The van der Waals surface area contributed by atoms with Gasteiger partial charge in [-0.2, -0.15) is 17.0 Å². The molecule has 0 aromatic heterocycles. The quantitative estimate of drug-likeness (QED) is 0.741. The zero-order chi connectivity index (χ0) is 12.2. The van der Waals surface area contributed by atoms with Crippen LogP contribution in [0.4, 0.5) is 0 Å². The fraction of sp³-hybridized carbons (Fsp3) is 0.923. The molecule has 0 bridgehead atoms. The smallest absolute Gasteiger partial charge is 0.105 e. The standard InChI is InChI=1S/C13H24N2S/c1-5-10(2)16-11(3)8-13(4,9-14)15-12-6-7-12/h10-12,15H,5-8H2,1-4H3. The van der Waals surface area contributed by atoms with Crippen LogP contribution in [0.1, 0.15) is 53.4 Å². The predicted octanol–water partition coefficient (Wildman–Crippen LogP) is 3.33. The molecule has 0 spiro atoms. The van der Waals surface area contributed by atoms with Gasteiger partial charge in [-0.1, -0.05) is 20.8 Å².